The van der Waals surface area contributed by atoms with E-state index in [1.165, 1.54) is 11.8 Å². The third kappa shape index (κ3) is 5.06. The van der Waals surface area contributed by atoms with Crippen molar-refractivity contribution >= 4 is 40.9 Å². The Morgan fingerprint density at radius 1 is 1.17 bits per heavy atom. The Kier molecular flexibility index (Phi) is 6.63. The zero-order valence-corrected chi connectivity index (χ0v) is 15.1. The van der Waals surface area contributed by atoms with Crippen LogP contribution in [0, 0.1) is 0 Å². The number of carbonyl (C=O) groups excluding carboxylic acids is 1. The summed E-state index contributed by atoms with van der Waals surface area (Å²) in [4.78, 5) is 12.9. The van der Waals surface area contributed by atoms with Crippen molar-refractivity contribution in [3.63, 3.8) is 0 Å². The quantitative estimate of drug-likeness (QED) is 0.743. The maximum atomic E-state index is 12.2. The lowest BCUT2D eigenvalue weighted by Crippen LogP contribution is -2.30. The fourth-order valence-corrected chi connectivity index (χ4v) is 3.47. The second-order valence-corrected chi connectivity index (χ2v) is 7.04. The van der Waals surface area contributed by atoms with Crippen molar-refractivity contribution in [2.45, 2.75) is 23.6 Å². The molecule has 0 aliphatic rings. The largest absolute Gasteiger partial charge is 0.497 e. The molecular formula is C17H17Cl2NO2S. The topological polar surface area (TPSA) is 38.3 Å². The number of hydrogen-bond donors (Lipinski definition) is 1. The van der Waals surface area contributed by atoms with Gasteiger partial charge < -0.3 is 10.1 Å². The van der Waals surface area contributed by atoms with Gasteiger partial charge in [-0.3, -0.25) is 4.79 Å². The SMILES string of the molecule is COc1ccc(CNC(=O)[C@H](C)Sc2c(Cl)cccc2Cl)cc1. The van der Waals surface area contributed by atoms with Gasteiger partial charge in [0.1, 0.15) is 5.75 Å². The maximum Gasteiger partial charge on any atom is 0.233 e. The van der Waals surface area contributed by atoms with E-state index in [0.717, 1.165) is 16.2 Å². The number of ether oxygens (including phenoxy) is 1. The van der Waals surface area contributed by atoms with Gasteiger partial charge in [0.25, 0.3) is 0 Å². The molecule has 0 aliphatic carbocycles. The number of benzene rings is 2. The Bertz CT molecular complexity index is 657. The number of amides is 1. The normalized spacial score (nSPS) is 11.8. The van der Waals surface area contributed by atoms with E-state index in [1.807, 2.05) is 31.2 Å². The standard InChI is InChI=1S/C17H17Cl2NO2S/c1-11(23-16-14(18)4-3-5-15(16)19)17(21)20-10-12-6-8-13(22-2)9-7-12/h3-9,11H,10H2,1-2H3,(H,20,21)/t11-/m0/s1. The summed E-state index contributed by atoms with van der Waals surface area (Å²) in [5.74, 6) is 0.721. The highest BCUT2D eigenvalue weighted by molar-refractivity contribution is 8.00. The summed E-state index contributed by atoms with van der Waals surface area (Å²) >= 11 is 13.6. The Balaban J connectivity index is 1.92. The summed E-state index contributed by atoms with van der Waals surface area (Å²) in [5, 5.41) is 3.71. The Hall–Kier alpha value is -1.36. The molecule has 0 fully saturated rings. The molecule has 0 bridgehead atoms. The molecule has 0 saturated heterocycles. The first kappa shape index (κ1) is 18.0. The van der Waals surface area contributed by atoms with E-state index >= 15 is 0 Å². The van der Waals surface area contributed by atoms with Gasteiger partial charge in [0.05, 0.1) is 22.4 Å². The summed E-state index contributed by atoms with van der Waals surface area (Å²) in [6, 6.07) is 12.9. The molecule has 0 unspecified atom stereocenters. The molecular weight excluding hydrogens is 353 g/mol. The third-order valence-electron chi connectivity index (χ3n) is 3.21. The number of methoxy groups -OCH3 is 1. The Labute approximate surface area is 150 Å². The van der Waals surface area contributed by atoms with Gasteiger partial charge in [-0.1, -0.05) is 41.4 Å². The number of nitrogens with one attached hydrogen (secondary N) is 1. The third-order valence-corrected chi connectivity index (χ3v) is 5.31. The molecule has 2 aromatic rings. The Morgan fingerprint density at radius 3 is 2.35 bits per heavy atom. The van der Waals surface area contributed by atoms with Crippen LogP contribution in [0.25, 0.3) is 0 Å². The van der Waals surface area contributed by atoms with E-state index < -0.39 is 0 Å². The lowest BCUT2D eigenvalue weighted by atomic mass is 10.2. The van der Waals surface area contributed by atoms with Crippen molar-refractivity contribution in [3.8, 4) is 5.75 Å². The molecule has 0 heterocycles. The van der Waals surface area contributed by atoms with E-state index in [-0.39, 0.29) is 11.2 Å². The molecule has 0 spiro atoms. The van der Waals surface area contributed by atoms with Crippen molar-refractivity contribution < 1.29 is 9.53 Å². The smallest absolute Gasteiger partial charge is 0.233 e. The minimum absolute atomic E-state index is 0.0678. The minimum Gasteiger partial charge on any atom is -0.497 e. The van der Waals surface area contributed by atoms with Gasteiger partial charge in [-0.2, -0.15) is 0 Å². The predicted molar refractivity (Wildman–Crippen MR) is 96.6 cm³/mol. The van der Waals surface area contributed by atoms with Gasteiger partial charge in [0.2, 0.25) is 5.91 Å². The van der Waals surface area contributed by atoms with Crippen molar-refractivity contribution in [1.29, 1.82) is 0 Å². The lowest BCUT2D eigenvalue weighted by molar-refractivity contribution is -0.120. The van der Waals surface area contributed by atoms with Gasteiger partial charge in [0.15, 0.2) is 0 Å². The van der Waals surface area contributed by atoms with Crippen LogP contribution in [0.1, 0.15) is 12.5 Å². The molecule has 1 amide bonds. The molecule has 2 aromatic carbocycles. The van der Waals surface area contributed by atoms with Gasteiger partial charge in [0, 0.05) is 11.4 Å². The van der Waals surface area contributed by atoms with E-state index in [2.05, 4.69) is 5.32 Å². The second kappa shape index (κ2) is 8.48. The number of hydrogen-bond acceptors (Lipinski definition) is 3. The van der Waals surface area contributed by atoms with E-state index in [9.17, 15) is 4.79 Å². The molecule has 0 aromatic heterocycles. The molecule has 122 valence electrons. The van der Waals surface area contributed by atoms with Crippen molar-refractivity contribution in [3.05, 3.63) is 58.1 Å². The van der Waals surface area contributed by atoms with Crippen LogP contribution in [0.15, 0.2) is 47.4 Å². The van der Waals surface area contributed by atoms with Crippen LogP contribution in [0.3, 0.4) is 0 Å². The zero-order chi connectivity index (χ0) is 16.8. The van der Waals surface area contributed by atoms with Crippen LogP contribution in [-0.4, -0.2) is 18.3 Å². The average molecular weight is 370 g/mol. The summed E-state index contributed by atoms with van der Waals surface area (Å²) < 4.78 is 5.11. The van der Waals surface area contributed by atoms with Gasteiger partial charge >= 0.3 is 0 Å². The van der Waals surface area contributed by atoms with Crippen LogP contribution < -0.4 is 10.1 Å². The fraction of sp³-hybridized carbons (Fsp3) is 0.235. The zero-order valence-electron chi connectivity index (χ0n) is 12.8. The minimum atomic E-state index is -0.300. The van der Waals surface area contributed by atoms with Gasteiger partial charge in [-0.25, -0.2) is 0 Å². The summed E-state index contributed by atoms with van der Waals surface area (Å²) in [5.41, 5.74) is 1.01. The van der Waals surface area contributed by atoms with E-state index in [0.29, 0.717) is 16.6 Å². The van der Waals surface area contributed by atoms with Crippen molar-refractivity contribution in [2.24, 2.45) is 0 Å². The Morgan fingerprint density at radius 2 is 1.78 bits per heavy atom. The molecule has 0 aliphatic heterocycles. The summed E-state index contributed by atoms with van der Waals surface area (Å²) in [6.45, 7) is 2.29. The number of halogens is 2. The fourth-order valence-electron chi connectivity index (χ4n) is 1.90. The highest BCUT2D eigenvalue weighted by Crippen LogP contribution is 2.36. The van der Waals surface area contributed by atoms with E-state index in [4.69, 9.17) is 27.9 Å². The van der Waals surface area contributed by atoms with Crippen LogP contribution in [-0.2, 0) is 11.3 Å². The predicted octanol–water partition coefficient (Wildman–Crippen LogP) is 4.80. The molecule has 0 radical (unpaired) electrons. The number of rotatable bonds is 6. The van der Waals surface area contributed by atoms with E-state index in [1.54, 1.807) is 25.3 Å². The van der Waals surface area contributed by atoms with Crippen LogP contribution in [0.4, 0.5) is 0 Å². The monoisotopic (exact) mass is 369 g/mol. The summed E-state index contributed by atoms with van der Waals surface area (Å²) in [6.07, 6.45) is 0. The first-order chi connectivity index (χ1) is 11.0. The molecule has 6 heteroatoms. The van der Waals surface area contributed by atoms with Crippen LogP contribution in [0.5, 0.6) is 5.75 Å². The molecule has 1 N–H and O–H groups in total. The van der Waals surface area contributed by atoms with Crippen LogP contribution in [0.2, 0.25) is 10.0 Å². The molecule has 3 nitrogen and oxygen atoms in total. The first-order valence-electron chi connectivity index (χ1n) is 7.02. The number of carbonyl (C=O) groups is 1. The summed E-state index contributed by atoms with van der Waals surface area (Å²) in [7, 11) is 1.62. The maximum absolute atomic E-state index is 12.2. The molecule has 0 saturated carbocycles. The molecule has 2 rings (SSSR count). The van der Waals surface area contributed by atoms with Crippen molar-refractivity contribution in [1.82, 2.24) is 5.32 Å². The first-order valence-corrected chi connectivity index (χ1v) is 8.66. The van der Waals surface area contributed by atoms with Gasteiger partial charge in [-0.05, 0) is 36.8 Å². The lowest BCUT2D eigenvalue weighted by Gasteiger charge is -2.14. The molecule has 23 heavy (non-hydrogen) atoms. The molecule has 1 atom stereocenters. The average Bonchev–Trinajstić information content (AvgIpc) is 2.56. The van der Waals surface area contributed by atoms with Crippen molar-refractivity contribution in [2.75, 3.05) is 7.11 Å². The highest BCUT2D eigenvalue weighted by Gasteiger charge is 2.17. The number of thioether (sulfide) groups is 1. The second-order valence-electron chi connectivity index (χ2n) is 4.88. The van der Waals surface area contributed by atoms with Gasteiger partial charge in [-0.15, -0.1) is 11.8 Å². The van der Waals surface area contributed by atoms with Crippen LogP contribution >= 0.6 is 35.0 Å². The highest BCUT2D eigenvalue weighted by atomic mass is 35.5.